The number of nitrogens with zero attached hydrogens (tertiary/aromatic N) is 2. The number of hydrogen-bond acceptors (Lipinski definition) is 5. The summed E-state index contributed by atoms with van der Waals surface area (Å²) in [6.07, 6.45) is 2.42. The van der Waals surface area contributed by atoms with Crippen molar-refractivity contribution in [2.75, 3.05) is 26.4 Å². The topological polar surface area (TPSA) is 87.7 Å². The predicted molar refractivity (Wildman–Crippen MR) is 122 cm³/mol. The molecule has 0 fully saturated rings. The molecule has 1 atom stereocenters. The van der Waals surface area contributed by atoms with Gasteiger partial charge in [-0.3, -0.25) is 9.89 Å². The third kappa shape index (κ3) is 4.11. The standard InChI is InChI=1S/C25H27N3O4/c1-3-15-32-18-12-10-17(11-13-18)24-21-22(19-8-5-6-9-20(19)29)26-27-23(21)25(30)28(24)14-7-16-31-4-2/h3,5-6,8-13,24,29H,1,4,7,14-16H2,2H3,(H,26,27)/t24-/m0/s1. The molecule has 4 rings (SSSR count). The second kappa shape index (κ2) is 9.70. The Bertz CT molecular complexity index is 1090. The smallest absolute Gasteiger partial charge is 0.273 e. The fourth-order valence-corrected chi connectivity index (χ4v) is 4.04. The highest BCUT2D eigenvalue weighted by Gasteiger charge is 2.42. The molecule has 2 aromatic carbocycles. The summed E-state index contributed by atoms with van der Waals surface area (Å²) in [5.41, 5.74) is 3.34. The van der Waals surface area contributed by atoms with Gasteiger partial charge in [0.15, 0.2) is 0 Å². The first-order valence-electron chi connectivity index (χ1n) is 10.7. The first-order valence-corrected chi connectivity index (χ1v) is 10.7. The monoisotopic (exact) mass is 433 g/mol. The number of fused-ring (bicyclic) bond motifs is 1. The van der Waals surface area contributed by atoms with Crippen molar-refractivity contribution in [2.45, 2.75) is 19.4 Å². The SMILES string of the molecule is C=CCOc1ccc([C@H]2c3c(-c4ccccc4O)n[nH]c3C(=O)N2CCCOCC)cc1. The molecule has 7 nitrogen and oxygen atoms in total. The van der Waals surface area contributed by atoms with Gasteiger partial charge in [-0.15, -0.1) is 0 Å². The number of aromatic amines is 1. The van der Waals surface area contributed by atoms with Crippen molar-refractivity contribution < 1.29 is 19.4 Å². The summed E-state index contributed by atoms with van der Waals surface area (Å²) in [5, 5.41) is 17.7. The number of para-hydroxylation sites is 1. The summed E-state index contributed by atoms with van der Waals surface area (Å²) in [7, 11) is 0. The number of nitrogens with one attached hydrogen (secondary N) is 1. The number of aromatic hydroxyl groups is 1. The van der Waals surface area contributed by atoms with Gasteiger partial charge in [-0.1, -0.05) is 36.9 Å². The minimum atomic E-state index is -0.332. The van der Waals surface area contributed by atoms with Crippen LogP contribution in [0.1, 0.15) is 41.0 Å². The van der Waals surface area contributed by atoms with Gasteiger partial charge in [-0.2, -0.15) is 5.10 Å². The highest BCUT2D eigenvalue weighted by atomic mass is 16.5. The van der Waals surface area contributed by atoms with Crippen LogP contribution in [0.4, 0.5) is 0 Å². The number of rotatable bonds is 10. The van der Waals surface area contributed by atoms with E-state index in [0.717, 1.165) is 23.3 Å². The van der Waals surface area contributed by atoms with Crippen molar-refractivity contribution >= 4 is 5.91 Å². The quantitative estimate of drug-likeness (QED) is 0.367. The lowest BCUT2D eigenvalue weighted by atomic mass is 9.95. The lowest BCUT2D eigenvalue weighted by molar-refractivity contribution is 0.0710. The Balaban J connectivity index is 1.74. The van der Waals surface area contributed by atoms with Crippen LogP contribution in [-0.4, -0.2) is 52.5 Å². The van der Waals surface area contributed by atoms with Crippen LogP contribution in [0, 0.1) is 0 Å². The molecule has 0 radical (unpaired) electrons. The van der Waals surface area contributed by atoms with Crippen molar-refractivity contribution in [1.29, 1.82) is 0 Å². The molecule has 0 saturated heterocycles. The van der Waals surface area contributed by atoms with Crippen LogP contribution in [0.3, 0.4) is 0 Å². The Hall–Kier alpha value is -3.58. The van der Waals surface area contributed by atoms with Gasteiger partial charge in [0.2, 0.25) is 0 Å². The van der Waals surface area contributed by atoms with Crippen LogP contribution in [0.2, 0.25) is 0 Å². The van der Waals surface area contributed by atoms with Gasteiger partial charge < -0.3 is 19.5 Å². The van der Waals surface area contributed by atoms with Gasteiger partial charge in [-0.25, -0.2) is 0 Å². The number of phenols is 1. The molecule has 1 aromatic heterocycles. The number of aromatic nitrogens is 2. The number of H-pyrrole nitrogens is 1. The second-order valence-electron chi connectivity index (χ2n) is 7.50. The van der Waals surface area contributed by atoms with E-state index in [1.807, 2.05) is 42.2 Å². The Labute approximate surface area is 187 Å². The molecule has 3 aromatic rings. The zero-order valence-electron chi connectivity index (χ0n) is 18.1. The Morgan fingerprint density at radius 2 is 2.00 bits per heavy atom. The molecule has 32 heavy (non-hydrogen) atoms. The number of ether oxygens (including phenoxy) is 2. The highest BCUT2D eigenvalue weighted by molar-refractivity contribution is 6.00. The average Bonchev–Trinajstić information content (AvgIpc) is 3.35. The van der Waals surface area contributed by atoms with Crippen LogP contribution in [0.5, 0.6) is 11.5 Å². The summed E-state index contributed by atoms with van der Waals surface area (Å²) in [4.78, 5) is 15.1. The average molecular weight is 434 g/mol. The number of amides is 1. The zero-order valence-corrected chi connectivity index (χ0v) is 18.1. The van der Waals surface area contributed by atoms with Crippen LogP contribution >= 0.6 is 0 Å². The second-order valence-corrected chi connectivity index (χ2v) is 7.50. The van der Waals surface area contributed by atoms with Crippen LogP contribution in [0.15, 0.2) is 61.2 Å². The molecule has 2 heterocycles. The van der Waals surface area contributed by atoms with Crippen molar-refractivity contribution in [1.82, 2.24) is 15.1 Å². The Kier molecular flexibility index (Phi) is 6.56. The van der Waals surface area contributed by atoms with E-state index >= 15 is 0 Å². The van der Waals surface area contributed by atoms with E-state index in [1.165, 1.54) is 0 Å². The number of carbonyl (C=O) groups is 1. The first-order chi connectivity index (χ1) is 15.7. The van der Waals surface area contributed by atoms with E-state index in [0.29, 0.717) is 43.3 Å². The van der Waals surface area contributed by atoms with Crippen molar-refractivity contribution in [2.24, 2.45) is 0 Å². The van der Waals surface area contributed by atoms with E-state index < -0.39 is 0 Å². The molecule has 1 amide bonds. The molecule has 1 aliphatic heterocycles. The zero-order chi connectivity index (χ0) is 22.5. The Morgan fingerprint density at radius 3 is 2.72 bits per heavy atom. The minimum Gasteiger partial charge on any atom is -0.507 e. The third-order valence-electron chi connectivity index (χ3n) is 5.48. The molecule has 0 spiro atoms. The van der Waals surface area contributed by atoms with Gasteiger partial charge in [0.05, 0.1) is 6.04 Å². The Morgan fingerprint density at radius 1 is 1.22 bits per heavy atom. The minimum absolute atomic E-state index is 0.109. The van der Waals surface area contributed by atoms with Gasteiger partial charge in [0.1, 0.15) is 29.5 Å². The van der Waals surface area contributed by atoms with Crippen LogP contribution in [-0.2, 0) is 4.74 Å². The fourth-order valence-electron chi connectivity index (χ4n) is 4.04. The summed E-state index contributed by atoms with van der Waals surface area (Å²) >= 11 is 0. The first kappa shape index (κ1) is 21.6. The number of hydrogen-bond donors (Lipinski definition) is 2. The van der Waals surface area contributed by atoms with Crippen LogP contribution in [0.25, 0.3) is 11.3 Å². The van der Waals surface area contributed by atoms with Gasteiger partial charge in [-0.05, 0) is 43.2 Å². The molecule has 0 aliphatic carbocycles. The van der Waals surface area contributed by atoms with E-state index in [2.05, 4.69) is 16.8 Å². The van der Waals surface area contributed by atoms with Gasteiger partial charge in [0.25, 0.3) is 5.91 Å². The molecule has 2 N–H and O–H groups in total. The normalized spacial score (nSPS) is 15.1. The lowest BCUT2D eigenvalue weighted by Crippen LogP contribution is -2.31. The third-order valence-corrected chi connectivity index (χ3v) is 5.48. The summed E-state index contributed by atoms with van der Waals surface area (Å²) in [6, 6.07) is 14.4. The van der Waals surface area contributed by atoms with E-state index in [-0.39, 0.29) is 17.7 Å². The van der Waals surface area contributed by atoms with E-state index in [9.17, 15) is 9.90 Å². The molecule has 166 valence electrons. The van der Waals surface area contributed by atoms with Crippen LogP contribution < -0.4 is 4.74 Å². The highest BCUT2D eigenvalue weighted by Crippen LogP contribution is 2.44. The maximum Gasteiger partial charge on any atom is 0.273 e. The summed E-state index contributed by atoms with van der Waals surface area (Å²) in [5.74, 6) is 0.743. The molecular weight excluding hydrogens is 406 g/mol. The largest absolute Gasteiger partial charge is 0.507 e. The fraction of sp³-hybridized carbons (Fsp3) is 0.280. The maximum absolute atomic E-state index is 13.3. The molecule has 0 saturated carbocycles. The van der Waals surface area contributed by atoms with Gasteiger partial charge in [0, 0.05) is 30.9 Å². The number of phenolic OH excluding ortho intramolecular Hbond substituents is 1. The summed E-state index contributed by atoms with van der Waals surface area (Å²) in [6.45, 7) is 7.82. The van der Waals surface area contributed by atoms with Gasteiger partial charge >= 0.3 is 0 Å². The van der Waals surface area contributed by atoms with Crippen molar-refractivity contribution in [3.8, 4) is 22.8 Å². The maximum atomic E-state index is 13.3. The summed E-state index contributed by atoms with van der Waals surface area (Å²) < 4.78 is 11.1. The molecule has 7 heteroatoms. The molecule has 0 bridgehead atoms. The molecular formula is C25H27N3O4. The predicted octanol–water partition coefficient (Wildman–Crippen LogP) is 4.32. The van der Waals surface area contributed by atoms with Crippen molar-refractivity contribution in [3.05, 3.63) is 78.0 Å². The number of benzene rings is 2. The molecule has 0 unspecified atom stereocenters. The van der Waals surface area contributed by atoms with Crippen molar-refractivity contribution in [3.63, 3.8) is 0 Å². The lowest BCUT2D eigenvalue weighted by Gasteiger charge is -2.26. The number of carbonyl (C=O) groups excluding carboxylic acids is 1. The molecule has 1 aliphatic rings. The van der Waals surface area contributed by atoms with E-state index in [4.69, 9.17) is 9.47 Å². The van der Waals surface area contributed by atoms with E-state index in [1.54, 1.807) is 24.3 Å².